The Hall–Kier alpha value is -2.54. The molecule has 0 radical (unpaired) electrons. The lowest BCUT2D eigenvalue weighted by Gasteiger charge is -2.35. The van der Waals surface area contributed by atoms with Gasteiger partial charge in [-0.25, -0.2) is 4.99 Å². The molecule has 0 aromatic heterocycles. The fourth-order valence-electron chi connectivity index (χ4n) is 4.46. The van der Waals surface area contributed by atoms with Gasteiger partial charge in [0.2, 0.25) is 11.8 Å². The molecule has 168 valence electrons. The second-order valence-corrected chi connectivity index (χ2v) is 10.2. The van der Waals surface area contributed by atoms with Crippen molar-refractivity contribution in [1.82, 2.24) is 10.2 Å². The third kappa shape index (κ3) is 4.56. The van der Waals surface area contributed by atoms with Gasteiger partial charge in [0.05, 0.1) is 17.6 Å². The third-order valence-electron chi connectivity index (χ3n) is 6.35. The quantitative estimate of drug-likeness (QED) is 0.769. The van der Waals surface area contributed by atoms with E-state index in [0.29, 0.717) is 18.6 Å². The van der Waals surface area contributed by atoms with Crippen LogP contribution in [0.1, 0.15) is 58.6 Å². The number of carbonyl (C=O) groups is 3. The Balaban J connectivity index is 1.88. The van der Waals surface area contributed by atoms with Gasteiger partial charge in [0.25, 0.3) is 5.91 Å². The number of carbonyl (C=O) groups excluding carboxylic acids is 3. The molecule has 7 nitrogen and oxygen atoms in total. The molecule has 7 heteroatoms. The Labute approximate surface area is 183 Å². The van der Waals surface area contributed by atoms with Crippen molar-refractivity contribution in [1.29, 1.82) is 0 Å². The van der Waals surface area contributed by atoms with E-state index in [1.807, 2.05) is 58.9 Å². The van der Waals surface area contributed by atoms with Crippen LogP contribution in [-0.4, -0.2) is 58.2 Å². The van der Waals surface area contributed by atoms with Gasteiger partial charge in [0, 0.05) is 32.0 Å². The summed E-state index contributed by atoms with van der Waals surface area (Å²) >= 11 is 0. The van der Waals surface area contributed by atoms with Crippen LogP contribution in [0, 0.1) is 12.3 Å². The van der Waals surface area contributed by atoms with Gasteiger partial charge in [-0.1, -0.05) is 50.6 Å². The number of rotatable bonds is 4. The van der Waals surface area contributed by atoms with Crippen LogP contribution >= 0.6 is 0 Å². The number of likely N-dealkylation sites (tertiary alicyclic amines) is 1. The Kier molecular flexibility index (Phi) is 6.11. The summed E-state index contributed by atoms with van der Waals surface area (Å²) in [6.45, 7) is 11.1. The van der Waals surface area contributed by atoms with Gasteiger partial charge in [-0.2, -0.15) is 0 Å². The number of amides is 3. The summed E-state index contributed by atoms with van der Waals surface area (Å²) < 4.78 is 0. The number of nitrogens with zero attached hydrogens (tertiary/aromatic N) is 2. The van der Waals surface area contributed by atoms with E-state index in [-0.39, 0.29) is 24.3 Å². The van der Waals surface area contributed by atoms with E-state index in [1.165, 1.54) is 6.92 Å². The Morgan fingerprint density at radius 3 is 2.42 bits per heavy atom. The Bertz CT molecular complexity index is 916. The zero-order valence-electron chi connectivity index (χ0n) is 19.2. The molecule has 0 aliphatic carbocycles. The molecule has 3 amide bonds. The first-order valence-corrected chi connectivity index (χ1v) is 10.8. The summed E-state index contributed by atoms with van der Waals surface area (Å²) in [5.74, 6) is -0.775. The van der Waals surface area contributed by atoms with Crippen LogP contribution in [-0.2, 0) is 19.8 Å². The number of aliphatic hydroxyl groups is 1. The zero-order chi connectivity index (χ0) is 23.1. The van der Waals surface area contributed by atoms with E-state index >= 15 is 0 Å². The molecule has 2 aliphatic heterocycles. The maximum Gasteiger partial charge on any atom is 0.256 e. The second-order valence-electron chi connectivity index (χ2n) is 10.2. The number of aliphatic imine (C=N–C) groups is 1. The van der Waals surface area contributed by atoms with E-state index < -0.39 is 29.0 Å². The van der Waals surface area contributed by atoms with Gasteiger partial charge >= 0.3 is 0 Å². The van der Waals surface area contributed by atoms with E-state index in [2.05, 4.69) is 10.3 Å². The van der Waals surface area contributed by atoms with Crippen molar-refractivity contribution in [2.75, 3.05) is 6.54 Å². The third-order valence-corrected chi connectivity index (χ3v) is 6.35. The lowest BCUT2D eigenvalue weighted by atomic mass is 9.78. The highest BCUT2D eigenvalue weighted by Crippen LogP contribution is 2.38. The normalized spacial score (nSPS) is 27.3. The van der Waals surface area contributed by atoms with Crippen molar-refractivity contribution in [2.45, 2.75) is 78.0 Å². The van der Waals surface area contributed by atoms with Crippen LogP contribution in [0.4, 0.5) is 0 Å². The highest BCUT2D eigenvalue weighted by molar-refractivity contribution is 6.11. The van der Waals surface area contributed by atoms with Gasteiger partial charge in [-0.3, -0.25) is 14.4 Å². The molecular formula is C24H33N3O4. The molecule has 2 aliphatic rings. The average Bonchev–Trinajstić information content (AvgIpc) is 3.19. The summed E-state index contributed by atoms with van der Waals surface area (Å²) in [7, 11) is 0. The predicted octanol–water partition coefficient (Wildman–Crippen LogP) is 2.14. The summed E-state index contributed by atoms with van der Waals surface area (Å²) in [5, 5.41) is 13.1. The minimum Gasteiger partial charge on any atom is -0.391 e. The monoisotopic (exact) mass is 427 g/mol. The minimum atomic E-state index is -0.785. The van der Waals surface area contributed by atoms with E-state index in [1.54, 1.807) is 4.90 Å². The number of aryl methyl sites for hydroxylation is 1. The van der Waals surface area contributed by atoms with Crippen LogP contribution in [0.15, 0.2) is 29.3 Å². The predicted molar refractivity (Wildman–Crippen MR) is 119 cm³/mol. The maximum atomic E-state index is 13.5. The molecule has 4 atom stereocenters. The molecule has 0 unspecified atom stereocenters. The highest BCUT2D eigenvalue weighted by atomic mass is 16.3. The summed E-state index contributed by atoms with van der Waals surface area (Å²) in [6, 6.07) is 6.65. The molecule has 31 heavy (non-hydrogen) atoms. The van der Waals surface area contributed by atoms with Crippen LogP contribution in [0.5, 0.6) is 0 Å². The lowest BCUT2D eigenvalue weighted by molar-refractivity contribution is -0.139. The number of hydrogen-bond acceptors (Lipinski definition) is 4. The first-order chi connectivity index (χ1) is 14.3. The van der Waals surface area contributed by atoms with E-state index in [4.69, 9.17) is 0 Å². The molecule has 3 rings (SSSR count). The summed E-state index contributed by atoms with van der Waals surface area (Å²) in [6.07, 6.45) is 0.0331. The van der Waals surface area contributed by atoms with E-state index in [9.17, 15) is 19.5 Å². The first-order valence-electron chi connectivity index (χ1n) is 10.8. The molecule has 1 aromatic carbocycles. The molecule has 0 bridgehead atoms. The van der Waals surface area contributed by atoms with Gasteiger partial charge in [0.1, 0.15) is 6.04 Å². The summed E-state index contributed by atoms with van der Waals surface area (Å²) in [4.78, 5) is 44.1. The van der Waals surface area contributed by atoms with E-state index in [0.717, 1.165) is 11.1 Å². The fourth-order valence-corrected chi connectivity index (χ4v) is 4.46. The molecule has 1 aromatic rings. The number of aliphatic hydroxyl groups excluding tert-OH is 1. The van der Waals surface area contributed by atoms with Crippen LogP contribution in [0.3, 0.4) is 0 Å². The lowest BCUT2D eigenvalue weighted by Crippen LogP contribution is -2.56. The SMILES string of the molecule is CC(=O)N[C@H](C(=O)N1C[C@H](O)C[C@H]1C1=NC(=O)[C@](C)(c2ccc(C)cc2)C1)C(C)(C)C. The number of hydrogen-bond donors (Lipinski definition) is 2. The van der Waals surface area contributed by atoms with Crippen LogP contribution in [0.25, 0.3) is 0 Å². The zero-order valence-corrected chi connectivity index (χ0v) is 19.2. The topological polar surface area (TPSA) is 99.1 Å². The molecule has 0 spiro atoms. The first kappa shape index (κ1) is 23.1. The van der Waals surface area contributed by atoms with Crippen molar-refractivity contribution in [2.24, 2.45) is 10.4 Å². The Morgan fingerprint density at radius 1 is 1.26 bits per heavy atom. The van der Waals surface area contributed by atoms with Crippen LogP contribution < -0.4 is 5.32 Å². The second kappa shape index (κ2) is 8.19. The minimum absolute atomic E-state index is 0.157. The summed E-state index contributed by atoms with van der Waals surface area (Å²) in [5.41, 5.74) is 1.33. The van der Waals surface area contributed by atoms with Gasteiger partial charge < -0.3 is 15.3 Å². The van der Waals surface area contributed by atoms with Crippen molar-refractivity contribution in [3.05, 3.63) is 35.4 Å². The Morgan fingerprint density at radius 2 is 1.87 bits per heavy atom. The number of nitrogens with one attached hydrogen (secondary N) is 1. The molecule has 2 N–H and O–H groups in total. The molecule has 2 heterocycles. The fraction of sp³-hybridized carbons (Fsp3) is 0.583. The van der Waals surface area contributed by atoms with Gasteiger partial charge in [0.15, 0.2) is 0 Å². The maximum absolute atomic E-state index is 13.5. The van der Waals surface area contributed by atoms with Crippen molar-refractivity contribution >= 4 is 23.4 Å². The molecule has 0 saturated carbocycles. The molecule has 1 saturated heterocycles. The smallest absolute Gasteiger partial charge is 0.256 e. The number of benzene rings is 1. The molecule has 1 fully saturated rings. The van der Waals surface area contributed by atoms with Gasteiger partial charge in [-0.15, -0.1) is 0 Å². The van der Waals surface area contributed by atoms with Crippen LogP contribution in [0.2, 0.25) is 0 Å². The van der Waals surface area contributed by atoms with Crippen molar-refractivity contribution < 1.29 is 19.5 Å². The van der Waals surface area contributed by atoms with Gasteiger partial charge in [-0.05, 0) is 24.8 Å². The highest BCUT2D eigenvalue weighted by Gasteiger charge is 2.49. The number of β-amino-alcohol motifs (C(OH)–C–C–N with tert-alkyl or cyclic N) is 1. The standard InChI is InChI=1S/C24H33N3O4/c1-14-7-9-16(10-8-14)24(6)12-18(26-22(24)31)19-11-17(29)13-27(19)21(30)20(23(3,4)5)25-15(2)28/h7-10,17,19-20,29H,11-13H2,1-6H3,(H,25,28)/t17-,19+,20-,24+/m1/s1. The largest absolute Gasteiger partial charge is 0.391 e. The van der Waals surface area contributed by atoms with Crippen molar-refractivity contribution in [3.8, 4) is 0 Å². The molecular weight excluding hydrogens is 394 g/mol. The van der Waals surface area contributed by atoms with Crippen molar-refractivity contribution in [3.63, 3.8) is 0 Å². The average molecular weight is 428 g/mol.